The van der Waals surface area contributed by atoms with E-state index in [4.69, 9.17) is 9.47 Å². The summed E-state index contributed by atoms with van der Waals surface area (Å²) in [6.07, 6.45) is -2.34. The van der Waals surface area contributed by atoms with Crippen LogP contribution in [0.2, 0.25) is 0 Å². The lowest BCUT2D eigenvalue weighted by Gasteiger charge is -2.34. The fraction of sp³-hybridized carbons (Fsp3) is 0.533. The van der Waals surface area contributed by atoms with Crippen molar-refractivity contribution in [2.45, 2.75) is 64.5 Å². The van der Waals surface area contributed by atoms with Crippen LogP contribution in [0.15, 0.2) is 42.5 Å². The lowest BCUT2D eigenvalue weighted by molar-refractivity contribution is -0.137. The van der Waals surface area contributed by atoms with Gasteiger partial charge in [-0.2, -0.15) is 13.2 Å². The first kappa shape index (κ1) is 33.2. The number of anilines is 2. The van der Waals surface area contributed by atoms with Gasteiger partial charge in [0.05, 0.1) is 36.0 Å². The van der Waals surface area contributed by atoms with Crippen LogP contribution in [0.4, 0.5) is 29.3 Å². The smallest absolute Gasteiger partial charge is 0.416 e. The van der Waals surface area contributed by atoms with E-state index < -0.39 is 23.8 Å². The zero-order valence-electron chi connectivity index (χ0n) is 24.5. The zero-order valence-corrected chi connectivity index (χ0v) is 24.5. The minimum absolute atomic E-state index is 0.0579. The fourth-order valence-corrected chi connectivity index (χ4v) is 4.73. The number of alkyl halides is 3. The minimum atomic E-state index is -4.48. The Kier molecular flexibility index (Phi) is 12.0. The third-order valence-electron chi connectivity index (χ3n) is 7.18. The first-order valence-electron chi connectivity index (χ1n) is 14.2. The Morgan fingerprint density at radius 2 is 1.76 bits per heavy atom. The molecular weight excluding hydrogens is 553 g/mol. The summed E-state index contributed by atoms with van der Waals surface area (Å²) in [4.78, 5) is 28.3. The number of aliphatic hydroxyl groups is 1. The van der Waals surface area contributed by atoms with Gasteiger partial charge in [0.1, 0.15) is 5.75 Å². The van der Waals surface area contributed by atoms with E-state index in [0.29, 0.717) is 25.4 Å². The Morgan fingerprint density at radius 3 is 2.40 bits per heavy atom. The molecule has 42 heavy (non-hydrogen) atoms. The number of ether oxygens (including phenoxy) is 2. The number of benzene rings is 2. The molecule has 12 heteroatoms. The highest BCUT2D eigenvalue weighted by atomic mass is 19.4. The SMILES string of the molecule is CNC[C@H]1OCCCC[C@@H](C)Oc2ccc(NC(=O)Nc3ccc(C(F)(F)F)cc3)cc2C(=O)N([C@H](C)CO)C[C@@H]1C. The van der Waals surface area contributed by atoms with Crippen LogP contribution in [0.3, 0.4) is 0 Å². The number of aliphatic hydroxyl groups excluding tert-OH is 1. The fourth-order valence-electron chi connectivity index (χ4n) is 4.73. The largest absolute Gasteiger partial charge is 0.490 e. The minimum Gasteiger partial charge on any atom is -0.490 e. The van der Waals surface area contributed by atoms with Crippen molar-refractivity contribution in [1.29, 1.82) is 0 Å². The Hall–Kier alpha value is -3.35. The van der Waals surface area contributed by atoms with Gasteiger partial charge in [0.25, 0.3) is 5.91 Å². The molecule has 4 N–H and O–H groups in total. The van der Waals surface area contributed by atoms with E-state index in [1.807, 2.05) is 20.9 Å². The van der Waals surface area contributed by atoms with Gasteiger partial charge in [-0.25, -0.2) is 4.79 Å². The van der Waals surface area contributed by atoms with E-state index in [-0.39, 0.29) is 47.6 Å². The molecule has 1 aliphatic rings. The molecule has 0 saturated carbocycles. The van der Waals surface area contributed by atoms with Crippen molar-refractivity contribution in [3.8, 4) is 5.75 Å². The molecule has 0 unspecified atom stereocenters. The standard InChI is InChI=1S/C30H41F3N4O5/c1-19-17-37(20(2)18-38)28(39)25-15-24(36-29(40)35-23-10-8-22(9-11-23)30(31,32)33)12-13-26(25)42-21(3)7-5-6-14-41-27(19)16-34-4/h8-13,15,19-21,27,34,38H,5-7,14,16-18H2,1-4H3,(H2,35,36,40)/t19-,20+,21+,27+/m0/s1. The number of hydrogen-bond donors (Lipinski definition) is 4. The average Bonchev–Trinajstić information content (AvgIpc) is 2.94. The second kappa shape index (κ2) is 15.2. The van der Waals surface area contributed by atoms with Crippen molar-refractivity contribution in [1.82, 2.24) is 10.2 Å². The predicted octanol–water partition coefficient (Wildman–Crippen LogP) is 5.36. The molecule has 2 aromatic rings. The first-order valence-corrected chi connectivity index (χ1v) is 14.2. The number of carbonyl (C=O) groups is 2. The maximum absolute atomic E-state index is 14.0. The summed E-state index contributed by atoms with van der Waals surface area (Å²) in [5.41, 5.74) is -0.163. The molecular formula is C30H41F3N4O5. The number of urea groups is 1. The van der Waals surface area contributed by atoms with Crippen LogP contribution >= 0.6 is 0 Å². The van der Waals surface area contributed by atoms with Gasteiger partial charge in [0.2, 0.25) is 0 Å². The number of hydrogen-bond acceptors (Lipinski definition) is 6. The molecule has 4 atom stereocenters. The van der Waals surface area contributed by atoms with Crippen LogP contribution in [-0.2, 0) is 10.9 Å². The molecule has 3 rings (SSSR count). The molecule has 0 bridgehead atoms. The van der Waals surface area contributed by atoms with Crippen molar-refractivity contribution >= 4 is 23.3 Å². The molecule has 232 valence electrons. The van der Waals surface area contributed by atoms with Gasteiger partial charge < -0.3 is 35.4 Å². The van der Waals surface area contributed by atoms with Gasteiger partial charge in [-0.05, 0) is 82.6 Å². The highest BCUT2D eigenvalue weighted by Gasteiger charge is 2.31. The lowest BCUT2D eigenvalue weighted by atomic mass is 10.0. The summed E-state index contributed by atoms with van der Waals surface area (Å²) >= 11 is 0. The van der Waals surface area contributed by atoms with E-state index in [2.05, 4.69) is 16.0 Å². The molecule has 1 heterocycles. The summed E-state index contributed by atoms with van der Waals surface area (Å²) < 4.78 is 50.9. The third-order valence-corrected chi connectivity index (χ3v) is 7.18. The third kappa shape index (κ3) is 9.33. The Balaban J connectivity index is 1.89. The van der Waals surface area contributed by atoms with E-state index in [9.17, 15) is 27.9 Å². The molecule has 2 aromatic carbocycles. The monoisotopic (exact) mass is 594 g/mol. The molecule has 0 spiro atoms. The number of halogens is 3. The maximum Gasteiger partial charge on any atom is 0.416 e. The molecule has 0 fully saturated rings. The van der Waals surface area contributed by atoms with Crippen LogP contribution in [0.5, 0.6) is 5.75 Å². The summed E-state index contributed by atoms with van der Waals surface area (Å²) in [5, 5.41) is 18.3. The van der Waals surface area contributed by atoms with Crippen molar-refractivity contribution in [2.75, 3.05) is 44.0 Å². The maximum atomic E-state index is 14.0. The van der Waals surface area contributed by atoms with Gasteiger partial charge in [-0.1, -0.05) is 6.92 Å². The Bertz CT molecular complexity index is 1180. The highest BCUT2D eigenvalue weighted by Crippen LogP contribution is 2.31. The number of nitrogens with zero attached hydrogens (tertiary/aromatic N) is 1. The van der Waals surface area contributed by atoms with Crippen LogP contribution in [-0.4, -0.2) is 73.5 Å². The van der Waals surface area contributed by atoms with Crippen LogP contribution < -0.4 is 20.7 Å². The number of likely N-dealkylation sites (N-methyl/N-ethyl adjacent to an activating group) is 1. The second-order valence-corrected chi connectivity index (χ2v) is 10.7. The normalized spacial score (nSPS) is 21.5. The average molecular weight is 595 g/mol. The summed E-state index contributed by atoms with van der Waals surface area (Å²) in [5.74, 6) is -0.0841. The van der Waals surface area contributed by atoms with Crippen molar-refractivity contribution in [3.05, 3.63) is 53.6 Å². The molecule has 0 radical (unpaired) electrons. The highest BCUT2D eigenvalue weighted by molar-refractivity contribution is 6.02. The van der Waals surface area contributed by atoms with Crippen LogP contribution in [0.25, 0.3) is 0 Å². The second-order valence-electron chi connectivity index (χ2n) is 10.7. The van der Waals surface area contributed by atoms with Crippen molar-refractivity contribution in [3.63, 3.8) is 0 Å². The molecule has 3 amide bonds. The van der Waals surface area contributed by atoms with E-state index in [1.165, 1.54) is 6.07 Å². The number of nitrogens with one attached hydrogen (secondary N) is 3. The van der Waals surface area contributed by atoms with Crippen LogP contribution in [0.1, 0.15) is 56.0 Å². The molecule has 0 saturated heterocycles. The van der Waals surface area contributed by atoms with E-state index >= 15 is 0 Å². The predicted molar refractivity (Wildman–Crippen MR) is 155 cm³/mol. The molecule has 0 aromatic heterocycles. The molecule has 1 aliphatic heterocycles. The Labute approximate surface area is 244 Å². The summed E-state index contributed by atoms with van der Waals surface area (Å²) in [7, 11) is 1.85. The van der Waals surface area contributed by atoms with Gasteiger partial charge in [-0.15, -0.1) is 0 Å². The number of amides is 3. The van der Waals surface area contributed by atoms with Gasteiger partial charge in [0, 0.05) is 37.0 Å². The first-order chi connectivity index (χ1) is 19.9. The van der Waals surface area contributed by atoms with E-state index in [1.54, 1.807) is 24.0 Å². The molecule has 9 nitrogen and oxygen atoms in total. The van der Waals surface area contributed by atoms with Crippen molar-refractivity contribution < 1.29 is 37.3 Å². The van der Waals surface area contributed by atoms with Crippen LogP contribution in [0, 0.1) is 5.92 Å². The summed E-state index contributed by atoms with van der Waals surface area (Å²) in [6, 6.07) is 7.58. The van der Waals surface area contributed by atoms with Gasteiger partial charge in [0.15, 0.2) is 0 Å². The van der Waals surface area contributed by atoms with Gasteiger partial charge in [-0.3, -0.25) is 4.79 Å². The van der Waals surface area contributed by atoms with Crippen molar-refractivity contribution in [2.24, 2.45) is 5.92 Å². The quantitative estimate of drug-likeness (QED) is 0.358. The van der Waals surface area contributed by atoms with E-state index in [0.717, 1.165) is 43.5 Å². The molecule has 0 aliphatic carbocycles. The number of rotatable bonds is 6. The number of carbonyl (C=O) groups excluding carboxylic acids is 2. The lowest BCUT2D eigenvalue weighted by Crippen LogP contribution is -2.47. The number of fused-ring (bicyclic) bond motifs is 1. The Morgan fingerprint density at radius 1 is 1.10 bits per heavy atom. The summed E-state index contributed by atoms with van der Waals surface area (Å²) in [6.45, 7) is 6.93. The zero-order chi connectivity index (χ0) is 30.9. The topological polar surface area (TPSA) is 112 Å². The van der Waals surface area contributed by atoms with Gasteiger partial charge >= 0.3 is 12.2 Å².